The fraction of sp³-hybridized carbons (Fsp3) is 0.308. The summed E-state index contributed by atoms with van der Waals surface area (Å²) in [6.07, 6.45) is -4.46. The van der Waals surface area contributed by atoms with Crippen molar-refractivity contribution < 1.29 is 13.2 Å². The van der Waals surface area contributed by atoms with Crippen LogP contribution < -0.4 is 5.43 Å². The van der Waals surface area contributed by atoms with Crippen molar-refractivity contribution in [1.82, 2.24) is 4.57 Å². The van der Waals surface area contributed by atoms with Crippen LogP contribution in [-0.4, -0.2) is 4.57 Å². The molecular formula is C13H12F3NO. The van der Waals surface area contributed by atoms with Gasteiger partial charge in [-0.2, -0.15) is 13.2 Å². The second-order valence-corrected chi connectivity index (χ2v) is 4.09. The van der Waals surface area contributed by atoms with E-state index >= 15 is 0 Å². The molecule has 0 atom stereocenters. The lowest BCUT2D eigenvalue weighted by molar-refractivity contribution is -0.136. The van der Waals surface area contributed by atoms with Crippen LogP contribution in [0.25, 0.3) is 10.9 Å². The van der Waals surface area contributed by atoms with Crippen LogP contribution in [0.15, 0.2) is 29.1 Å². The molecule has 0 fully saturated rings. The highest BCUT2D eigenvalue weighted by Crippen LogP contribution is 2.34. The molecule has 0 aliphatic heterocycles. The molecule has 2 rings (SSSR count). The number of hydrogen-bond donors (Lipinski definition) is 0. The molecule has 96 valence electrons. The number of rotatable bonds is 1. The Balaban J connectivity index is 3.03. The van der Waals surface area contributed by atoms with Crippen LogP contribution >= 0.6 is 0 Å². The maximum atomic E-state index is 13.0. The minimum absolute atomic E-state index is 0.0301. The average Bonchev–Trinajstić information content (AvgIpc) is 2.27. The number of alkyl halides is 3. The maximum Gasteiger partial charge on any atom is 0.418 e. The molecule has 5 heteroatoms. The highest BCUT2D eigenvalue weighted by Gasteiger charge is 2.33. The second-order valence-electron chi connectivity index (χ2n) is 4.09. The van der Waals surface area contributed by atoms with E-state index in [4.69, 9.17) is 0 Å². The molecule has 0 saturated carbocycles. The van der Waals surface area contributed by atoms with Crippen LogP contribution in [0.5, 0.6) is 0 Å². The number of hydrogen-bond acceptors (Lipinski definition) is 1. The fourth-order valence-electron chi connectivity index (χ4n) is 2.19. The summed E-state index contributed by atoms with van der Waals surface area (Å²) in [5.41, 5.74) is -0.634. The van der Waals surface area contributed by atoms with Crippen molar-refractivity contribution in [1.29, 1.82) is 0 Å². The molecule has 0 aliphatic rings. The summed E-state index contributed by atoms with van der Waals surface area (Å²) in [4.78, 5) is 11.8. The molecule has 1 heterocycles. The van der Waals surface area contributed by atoms with E-state index in [0.29, 0.717) is 12.2 Å². The monoisotopic (exact) mass is 255 g/mol. The predicted octanol–water partition coefficient (Wildman–Crippen LogP) is 3.35. The average molecular weight is 255 g/mol. The Morgan fingerprint density at radius 1 is 1.28 bits per heavy atom. The molecule has 0 spiro atoms. The number of benzene rings is 1. The van der Waals surface area contributed by atoms with Gasteiger partial charge in [-0.3, -0.25) is 4.79 Å². The van der Waals surface area contributed by atoms with Gasteiger partial charge in [-0.1, -0.05) is 6.07 Å². The first-order valence-electron chi connectivity index (χ1n) is 5.56. The normalized spacial score (nSPS) is 12.1. The van der Waals surface area contributed by atoms with Crippen LogP contribution in [0.2, 0.25) is 0 Å². The highest BCUT2D eigenvalue weighted by molar-refractivity contribution is 5.83. The van der Waals surface area contributed by atoms with E-state index < -0.39 is 11.7 Å². The van der Waals surface area contributed by atoms with Gasteiger partial charge >= 0.3 is 6.18 Å². The number of aromatic nitrogens is 1. The van der Waals surface area contributed by atoms with Crippen molar-refractivity contribution in [2.45, 2.75) is 26.6 Å². The summed E-state index contributed by atoms with van der Waals surface area (Å²) in [5, 5.41) is 0.109. The predicted molar refractivity (Wildman–Crippen MR) is 63.6 cm³/mol. The highest BCUT2D eigenvalue weighted by atomic mass is 19.4. The third-order valence-corrected chi connectivity index (χ3v) is 2.96. The van der Waals surface area contributed by atoms with Gasteiger partial charge in [0.15, 0.2) is 5.43 Å². The van der Waals surface area contributed by atoms with Crippen LogP contribution in [0.3, 0.4) is 0 Å². The standard InChI is InChI=1S/C13H12F3NO/c1-3-17-8(2)7-11(18)9-5-4-6-10(12(9)17)13(14,15)16/h4-7H,3H2,1-2H3. The topological polar surface area (TPSA) is 22.0 Å². The quantitative estimate of drug-likeness (QED) is 0.766. The Hall–Kier alpha value is -1.78. The first kappa shape index (κ1) is 12.7. The van der Waals surface area contributed by atoms with Crippen molar-refractivity contribution in [2.24, 2.45) is 0 Å². The van der Waals surface area contributed by atoms with Gasteiger partial charge in [-0.05, 0) is 26.0 Å². The summed E-state index contributed by atoms with van der Waals surface area (Å²) >= 11 is 0. The molecule has 1 aromatic carbocycles. The van der Waals surface area contributed by atoms with Gasteiger partial charge in [0.25, 0.3) is 0 Å². The number of pyridine rings is 1. The Kier molecular flexibility index (Phi) is 2.92. The number of nitrogens with zero attached hydrogens (tertiary/aromatic N) is 1. The molecule has 0 N–H and O–H groups in total. The van der Waals surface area contributed by atoms with E-state index in [2.05, 4.69) is 0 Å². The van der Waals surface area contributed by atoms with E-state index in [-0.39, 0.29) is 16.3 Å². The van der Waals surface area contributed by atoms with Crippen LogP contribution in [-0.2, 0) is 12.7 Å². The number of halogens is 3. The molecule has 1 aromatic heterocycles. The van der Waals surface area contributed by atoms with Crippen LogP contribution in [0, 0.1) is 6.92 Å². The fourth-order valence-corrected chi connectivity index (χ4v) is 2.19. The minimum atomic E-state index is -4.46. The Bertz CT molecular complexity index is 656. The van der Waals surface area contributed by atoms with Crippen molar-refractivity contribution in [3.05, 3.63) is 45.7 Å². The second kappa shape index (κ2) is 4.15. The smallest absolute Gasteiger partial charge is 0.344 e. The molecule has 2 aromatic rings. The largest absolute Gasteiger partial charge is 0.418 e. The van der Waals surface area contributed by atoms with Gasteiger partial charge in [0, 0.05) is 23.7 Å². The Morgan fingerprint density at radius 3 is 2.50 bits per heavy atom. The lowest BCUT2D eigenvalue weighted by Crippen LogP contribution is -2.16. The van der Waals surface area contributed by atoms with Gasteiger partial charge < -0.3 is 4.57 Å². The van der Waals surface area contributed by atoms with Crippen molar-refractivity contribution in [3.63, 3.8) is 0 Å². The molecule has 0 aliphatic carbocycles. The summed E-state index contributed by atoms with van der Waals surface area (Å²) in [7, 11) is 0. The molecule has 0 saturated heterocycles. The first-order chi connectivity index (χ1) is 8.36. The van der Waals surface area contributed by atoms with Crippen LogP contribution in [0.1, 0.15) is 18.2 Å². The summed E-state index contributed by atoms with van der Waals surface area (Å²) in [6.45, 7) is 3.78. The van der Waals surface area contributed by atoms with Crippen molar-refractivity contribution in [3.8, 4) is 0 Å². The zero-order chi connectivity index (χ0) is 13.5. The van der Waals surface area contributed by atoms with Gasteiger partial charge in [0.2, 0.25) is 0 Å². The zero-order valence-corrected chi connectivity index (χ0v) is 10.0. The molecular weight excluding hydrogens is 243 g/mol. The van der Waals surface area contributed by atoms with Gasteiger partial charge in [0.05, 0.1) is 11.1 Å². The first-order valence-corrected chi connectivity index (χ1v) is 5.56. The molecule has 2 nitrogen and oxygen atoms in total. The van der Waals surface area contributed by atoms with Crippen molar-refractivity contribution >= 4 is 10.9 Å². The number of aryl methyl sites for hydroxylation is 2. The zero-order valence-electron chi connectivity index (χ0n) is 10.0. The van der Waals surface area contributed by atoms with E-state index in [0.717, 1.165) is 6.07 Å². The van der Waals surface area contributed by atoms with E-state index in [1.165, 1.54) is 22.8 Å². The Morgan fingerprint density at radius 2 is 1.94 bits per heavy atom. The molecule has 18 heavy (non-hydrogen) atoms. The summed E-state index contributed by atoms with van der Waals surface area (Å²) in [6, 6.07) is 5.07. The lowest BCUT2D eigenvalue weighted by atomic mass is 10.1. The lowest BCUT2D eigenvalue weighted by Gasteiger charge is -2.17. The number of fused-ring (bicyclic) bond motifs is 1. The third kappa shape index (κ3) is 1.89. The van der Waals surface area contributed by atoms with Crippen molar-refractivity contribution in [2.75, 3.05) is 0 Å². The van der Waals surface area contributed by atoms with Crippen LogP contribution in [0.4, 0.5) is 13.2 Å². The summed E-state index contributed by atoms with van der Waals surface area (Å²) < 4.78 is 40.5. The molecule has 0 unspecified atom stereocenters. The van der Waals surface area contributed by atoms with E-state index in [9.17, 15) is 18.0 Å². The SMILES string of the molecule is CCn1c(C)cc(=O)c2cccc(C(F)(F)F)c21. The third-order valence-electron chi connectivity index (χ3n) is 2.96. The summed E-state index contributed by atoms with van der Waals surface area (Å²) in [5.74, 6) is 0. The molecule has 0 bridgehead atoms. The Labute approximate surface area is 102 Å². The van der Waals surface area contributed by atoms with E-state index in [1.807, 2.05) is 0 Å². The minimum Gasteiger partial charge on any atom is -0.344 e. The maximum absolute atomic E-state index is 13.0. The molecule has 0 radical (unpaired) electrons. The number of para-hydroxylation sites is 1. The van der Waals surface area contributed by atoms with Gasteiger partial charge in [0.1, 0.15) is 0 Å². The van der Waals surface area contributed by atoms with Gasteiger partial charge in [-0.25, -0.2) is 0 Å². The van der Waals surface area contributed by atoms with E-state index in [1.54, 1.807) is 13.8 Å². The molecule has 0 amide bonds. The van der Waals surface area contributed by atoms with Gasteiger partial charge in [-0.15, -0.1) is 0 Å².